The van der Waals surface area contributed by atoms with E-state index in [0.29, 0.717) is 33.7 Å². The minimum Gasteiger partial charge on any atom is -0.618 e. The third kappa shape index (κ3) is 1.44. The largest absolute Gasteiger partial charge is 0.618 e. The van der Waals surface area contributed by atoms with Gasteiger partial charge < -0.3 is 9.94 Å². The van der Waals surface area contributed by atoms with Crippen LogP contribution in [0.15, 0.2) is 48.5 Å². The molecular weight excluding hydrogens is 266 g/mol. The summed E-state index contributed by atoms with van der Waals surface area (Å²) >= 11 is 0. The Morgan fingerprint density at radius 1 is 1.05 bits per heavy atom. The van der Waals surface area contributed by atoms with Crippen molar-refractivity contribution in [3.63, 3.8) is 0 Å². The smallest absolute Gasteiger partial charge is 0.240 e. The van der Waals surface area contributed by atoms with E-state index in [0.717, 1.165) is 10.1 Å². The summed E-state index contributed by atoms with van der Waals surface area (Å²) in [6, 6.07) is 14.3. The van der Waals surface area contributed by atoms with E-state index in [2.05, 4.69) is 0 Å². The van der Waals surface area contributed by atoms with Gasteiger partial charge in [-0.2, -0.15) is 4.73 Å². The zero-order chi connectivity index (χ0) is 14.6. The van der Waals surface area contributed by atoms with Gasteiger partial charge in [0.1, 0.15) is 11.3 Å². The van der Waals surface area contributed by atoms with E-state index in [1.165, 1.54) is 7.11 Å². The minimum absolute atomic E-state index is 0.130. The van der Waals surface area contributed by atoms with E-state index in [4.69, 9.17) is 4.74 Å². The van der Waals surface area contributed by atoms with Gasteiger partial charge in [-0.05, 0) is 24.3 Å². The van der Waals surface area contributed by atoms with E-state index in [1.54, 1.807) is 30.3 Å². The summed E-state index contributed by atoms with van der Waals surface area (Å²) in [4.78, 5) is 12.5. The Morgan fingerprint density at radius 2 is 1.86 bits per heavy atom. The standard InChI is InChI=1S/C17H11NO3/c1-21-14-8-4-6-11-15(14)16-12(17(11)19)9-10-5-2-3-7-13(10)18(16)20/h2-9H,1H3. The maximum absolute atomic E-state index is 12.7. The van der Waals surface area contributed by atoms with Crippen LogP contribution >= 0.6 is 0 Å². The van der Waals surface area contributed by atoms with Crippen molar-refractivity contribution in [2.75, 3.05) is 7.11 Å². The molecule has 0 amide bonds. The molecule has 0 atom stereocenters. The lowest BCUT2D eigenvalue weighted by Gasteiger charge is -2.09. The van der Waals surface area contributed by atoms with Crippen molar-refractivity contribution in [1.29, 1.82) is 0 Å². The highest BCUT2D eigenvalue weighted by Crippen LogP contribution is 2.41. The van der Waals surface area contributed by atoms with Crippen molar-refractivity contribution in [1.82, 2.24) is 0 Å². The number of hydrogen-bond acceptors (Lipinski definition) is 3. The van der Waals surface area contributed by atoms with Crippen molar-refractivity contribution < 1.29 is 14.3 Å². The highest BCUT2D eigenvalue weighted by atomic mass is 16.5. The summed E-state index contributed by atoms with van der Waals surface area (Å²) in [6.45, 7) is 0. The Kier molecular flexibility index (Phi) is 2.30. The summed E-state index contributed by atoms with van der Waals surface area (Å²) in [5.74, 6) is 0.411. The van der Waals surface area contributed by atoms with Crippen LogP contribution in [0.5, 0.6) is 5.75 Å². The number of pyridine rings is 1. The zero-order valence-corrected chi connectivity index (χ0v) is 11.3. The van der Waals surface area contributed by atoms with E-state index in [1.807, 2.05) is 18.2 Å². The molecule has 1 heterocycles. The summed E-state index contributed by atoms with van der Waals surface area (Å²) in [5, 5.41) is 13.5. The zero-order valence-electron chi connectivity index (χ0n) is 11.3. The second-order valence-corrected chi connectivity index (χ2v) is 4.97. The van der Waals surface area contributed by atoms with Gasteiger partial charge in [0.05, 0.1) is 12.7 Å². The van der Waals surface area contributed by atoms with Crippen molar-refractivity contribution in [3.05, 3.63) is 64.9 Å². The molecule has 1 aliphatic carbocycles. The first kappa shape index (κ1) is 11.9. The second-order valence-electron chi connectivity index (χ2n) is 4.97. The maximum Gasteiger partial charge on any atom is 0.240 e. The van der Waals surface area contributed by atoms with Crippen LogP contribution in [-0.4, -0.2) is 12.9 Å². The fourth-order valence-electron chi connectivity index (χ4n) is 2.94. The lowest BCUT2D eigenvalue weighted by atomic mass is 10.1. The number of methoxy groups -OCH3 is 1. The summed E-state index contributed by atoms with van der Waals surface area (Å²) in [5.41, 5.74) is 2.46. The molecular formula is C17H11NO3. The van der Waals surface area contributed by atoms with Crippen molar-refractivity contribution in [2.45, 2.75) is 0 Å². The normalized spacial score (nSPS) is 12.3. The van der Waals surface area contributed by atoms with Crippen molar-refractivity contribution in [3.8, 4) is 17.0 Å². The number of carbonyl (C=O) groups is 1. The Morgan fingerprint density at radius 3 is 2.67 bits per heavy atom. The molecule has 0 radical (unpaired) electrons. The van der Waals surface area contributed by atoms with E-state index < -0.39 is 0 Å². The van der Waals surface area contributed by atoms with Gasteiger partial charge in [0.25, 0.3) is 0 Å². The number of hydrogen-bond donors (Lipinski definition) is 0. The molecule has 0 saturated carbocycles. The maximum atomic E-state index is 12.7. The van der Waals surface area contributed by atoms with E-state index >= 15 is 0 Å². The van der Waals surface area contributed by atoms with Crippen LogP contribution in [0.2, 0.25) is 0 Å². The Bertz CT molecular complexity index is 915. The lowest BCUT2D eigenvalue weighted by Crippen LogP contribution is -2.30. The molecule has 102 valence electrons. The van der Waals surface area contributed by atoms with Gasteiger partial charge >= 0.3 is 0 Å². The Labute approximate surface area is 120 Å². The number of ether oxygens (including phenoxy) is 1. The number of benzene rings is 2. The lowest BCUT2D eigenvalue weighted by molar-refractivity contribution is -0.564. The van der Waals surface area contributed by atoms with Crippen LogP contribution in [-0.2, 0) is 0 Å². The molecule has 2 aromatic carbocycles. The average molecular weight is 277 g/mol. The van der Waals surface area contributed by atoms with Gasteiger partial charge in [-0.3, -0.25) is 4.79 Å². The molecule has 0 aliphatic heterocycles. The van der Waals surface area contributed by atoms with Gasteiger partial charge in [0, 0.05) is 17.0 Å². The van der Waals surface area contributed by atoms with Crippen LogP contribution in [0.1, 0.15) is 15.9 Å². The second kappa shape index (κ2) is 4.06. The van der Waals surface area contributed by atoms with Gasteiger partial charge in [-0.15, -0.1) is 0 Å². The third-order valence-electron chi connectivity index (χ3n) is 3.89. The Hall–Kier alpha value is -2.88. The molecule has 0 N–H and O–H groups in total. The SMILES string of the molecule is COc1cccc2c1-c1c(cc3ccccc3[n+]1[O-])C2=O. The van der Waals surface area contributed by atoms with Crippen LogP contribution < -0.4 is 9.47 Å². The van der Waals surface area contributed by atoms with E-state index in [9.17, 15) is 10.0 Å². The van der Waals surface area contributed by atoms with Gasteiger partial charge in [0.2, 0.25) is 17.0 Å². The summed E-state index contributed by atoms with van der Waals surface area (Å²) in [7, 11) is 1.54. The number of rotatable bonds is 1. The minimum atomic E-state index is -0.130. The predicted octanol–water partition coefficient (Wildman–Crippen LogP) is 2.69. The fourth-order valence-corrected chi connectivity index (χ4v) is 2.94. The molecule has 1 aromatic heterocycles. The first-order valence-corrected chi connectivity index (χ1v) is 6.60. The number of aromatic nitrogens is 1. The monoisotopic (exact) mass is 277 g/mol. The molecule has 21 heavy (non-hydrogen) atoms. The average Bonchev–Trinajstić information content (AvgIpc) is 2.81. The van der Waals surface area contributed by atoms with Crippen LogP contribution in [0.25, 0.3) is 22.2 Å². The van der Waals surface area contributed by atoms with Crippen molar-refractivity contribution in [2.24, 2.45) is 0 Å². The third-order valence-corrected chi connectivity index (χ3v) is 3.89. The highest BCUT2D eigenvalue weighted by molar-refractivity contribution is 6.22. The first-order chi connectivity index (χ1) is 10.2. The van der Waals surface area contributed by atoms with Crippen LogP contribution in [0, 0.1) is 5.21 Å². The van der Waals surface area contributed by atoms with Crippen LogP contribution in [0.4, 0.5) is 0 Å². The molecule has 0 fully saturated rings. The molecule has 4 nitrogen and oxygen atoms in total. The molecule has 3 aromatic rings. The number of para-hydroxylation sites is 1. The first-order valence-electron chi connectivity index (χ1n) is 6.60. The molecule has 0 spiro atoms. The van der Waals surface area contributed by atoms with Crippen molar-refractivity contribution >= 4 is 16.7 Å². The molecule has 1 aliphatic rings. The predicted molar refractivity (Wildman–Crippen MR) is 78.3 cm³/mol. The summed E-state index contributed by atoms with van der Waals surface area (Å²) < 4.78 is 6.16. The van der Waals surface area contributed by atoms with Crippen LogP contribution in [0.3, 0.4) is 0 Å². The molecule has 4 heteroatoms. The molecule has 0 bridgehead atoms. The quantitative estimate of drug-likeness (QED) is 0.397. The van der Waals surface area contributed by atoms with E-state index in [-0.39, 0.29) is 5.78 Å². The van der Waals surface area contributed by atoms with Gasteiger partial charge in [-0.25, -0.2) is 0 Å². The Balaban J connectivity index is 2.19. The molecule has 0 unspecified atom stereocenters. The number of fused-ring (bicyclic) bond motifs is 4. The molecule has 0 saturated heterocycles. The van der Waals surface area contributed by atoms with Gasteiger partial charge in [-0.1, -0.05) is 18.2 Å². The topological polar surface area (TPSA) is 53.2 Å². The number of nitrogens with zero attached hydrogens (tertiary/aromatic N) is 1. The fraction of sp³-hybridized carbons (Fsp3) is 0.0588. The molecule has 4 rings (SSSR count). The highest BCUT2D eigenvalue weighted by Gasteiger charge is 2.37. The number of ketones is 1. The number of carbonyl (C=O) groups excluding carboxylic acids is 1. The van der Waals surface area contributed by atoms with Gasteiger partial charge in [0.15, 0.2) is 0 Å². The summed E-state index contributed by atoms with van der Waals surface area (Å²) in [6.07, 6.45) is 0.